The summed E-state index contributed by atoms with van der Waals surface area (Å²) in [6.45, 7) is 0. The topological polar surface area (TPSA) is 63.9 Å². The molecule has 1 aliphatic heterocycles. The highest BCUT2D eigenvalue weighted by molar-refractivity contribution is 7.86. The van der Waals surface area contributed by atoms with Crippen LogP contribution in [0.3, 0.4) is 0 Å². The van der Waals surface area contributed by atoms with Gasteiger partial charge in [-0.05, 0) is 54.6 Å². The molecule has 274 valence electrons. The minimum atomic E-state index is -3.18. The number of hydrogen-bond donors (Lipinski definition) is 0. The highest BCUT2D eigenvalue weighted by Crippen LogP contribution is 2.54. The van der Waals surface area contributed by atoms with Crippen LogP contribution in [0.5, 0.6) is 0 Å². The lowest BCUT2D eigenvalue weighted by molar-refractivity contribution is 0.592. The van der Waals surface area contributed by atoms with Crippen LogP contribution in [-0.4, -0.2) is 19.5 Å². The third-order valence-electron chi connectivity index (χ3n) is 11.0. The van der Waals surface area contributed by atoms with Crippen LogP contribution in [0.15, 0.2) is 206 Å². The Bertz CT molecular complexity index is 3100. The maximum Gasteiger partial charge on any atom is 0.175 e. The molecule has 58 heavy (non-hydrogen) atoms. The third-order valence-corrected chi connectivity index (χ3v) is 14.2. The summed E-state index contributed by atoms with van der Waals surface area (Å²) in [6, 6.07) is 69.9. The monoisotopic (exact) mass is 763 g/mol. The van der Waals surface area contributed by atoms with Crippen molar-refractivity contribution in [3.05, 3.63) is 206 Å². The van der Waals surface area contributed by atoms with E-state index in [0.29, 0.717) is 17.5 Å². The van der Waals surface area contributed by atoms with E-state index in [1.807, 2.05) is 133 Å². The Kier molecular flexibility index (Phi) is 7.98. The van der Waals surface area contributed by atoms with E-state index in [1.54, 1.807) is 0 Å². The highest BCUT2D eigenvalue weighted by Gasteiger charge is 2.40. The molecular formula is C51H34N5OP. The summed E-state index contributed by atoms with van der Waals surface area (Å²) in [5.41, 5.74) is 8.67. The maximum absolute atomic E-state index is 15.5. The second-order valence-electron chi connectivity index (χ2n) is 14.4. The summed E-state index contributed by atoms with van der Waals surface area (Å²) in [7, 11) is -3.18. The van der Waals surface area contributed by atoms with Crippen molar-refractivity contribution in [2.45, 2.75) is 0 Å². The van der Waals surface area contributed by atoms with Crippen LogP contribution in [-0.2, 0) is 4.57 Å². The number of fused-ring (bicyclic) bond motifs is 5. The molecule has 6 nitrogen and oxygen atoms in total. The molecule has 0 bridgehead atoms. The first kappa shape index (κ1) is 33.9. The predicted molar refractivity (Wildman–Crippen MR) is 238 cm³/mol. The van der Waals surface area contributed by atoms with Gasteiger partial charge in [0.15, 0.2) is 24.6 Å². The molecule has 0 N–H and O–H groups in total. The molecule has 1 aliphatic rings. The van der Waals surface area contributed by atoms with Crippen LogP contribution in [0.25, 0.3) is 61.7 Å². The van der Waals surface area contributed by atoms with Gasteiger partial charge in [-0.25, -0.2) is 15.0 Å². The van der Waals surface area contributed by atoms with Crippen LogP contribution in [0, 0.1) is 0 Å². The molecule has 7 heteroatoms. The van der Waals surface area contributed by atoms with E-state index in [0.717, 1.165) is 77.2 Å². The lowest BCUT2D eigenvalue weighted by Crippen LogP contribution is -2.36. The molecule has 0 saturated heterocycles. The predicted octanol–water partition coefficient (Wildman–Crippen LogP) is 11.4. The third kappa shape index (κ3) is 5.42. The van der Waals surface area contributed by atoms with Crippen molar-refractivity contribution < 1.29 is 4.57 Å². The van der Waals surface area contributed by atoms with Crippen LogP contribution in [0.2, 0.25) is 0 Å². The first-order valence-electron chi connectivity index (χ1n) is 19.3. The molecule has 0 radical (unpaired) electrons. The van der Waals surface area contributed by atoms with E-state index in [9.17, 15) is 0 Å². The second-order valence-corrected chi connectivity index (χ2v) is 17.1. The normalized spacial score (nSPS) is 13.0. The Labute approximate surface area is 335 Å². The van der Waals surface area contributed by atoms with Crippen molar-refractivity contribution in [3.63, 3.8) is 0 Å². The Morgan fingerprint density at radius 2 is 0.828 bits per heavy atom. The number of anilines is 3. The minimum Gasteiger partial charge on any atom is -0.309 e. The largest absolute Gasteiger partial charge is 0.309 e. The van der Waals surface area contributed by atoms with Crippen LogP contribution < -0.4 is 20.8 Å². The average molecular weight is 764 g/mol. The quantitative estimate of drug-likeness (QED) is 0.158. The van der Waals surface area contributed by atoms with E-state index in [4.69, 9.17) is 15.0 Å². The van der Waals surface area contributed by atoms with Gasteiger partial charge in [-0.2, -0.15) is 0 Å². The molecule has 0 amide bonds. The second kappa shape index (κ2) is 13.7. The minimum absolute atomic E-state index is 0.601. The lowest BCUT2D eigenvalue weighted by Gasteiger charge is -2.37. The fourth-order valence-corrected chi connectivity index (χ4v) is 11.4. The summed E-state index contributed by atoms with van der Waals surface area (Å²) >= 11 is 0. The van der Waals surface area contributed by atoms with Gasteiger partial charge in [0.1, 0.15) is 0 Å². The first-order chi connectivity index (χ1) is 28.6. The number of rotatable bonds is 6. The Hall–Kier alpha value is -7.40. The molecule has 8 aromatic carbocycles. The zero-order valence-corrected chi connectivity index (χ0v) is 32.1. The van der Waals surface area contributed by atoms with E-state index in [1.165, 1.54) is 0 Å². The van der Waals surface area contributed by atoms with Crippen molar-refractivity contribution in [2.24, 2.45) is 0 Å². The van der Waals surface area contributed by atoms with Crippen LogP contribution >= 0.6 is 7.14 Å². The fraction of sp³-hybridized carbons (Fsp3) is 0. The summed E-state index contributed by atoms with van der Waals surface area (Å²) in [5.74, 6) is 1.85. The molecule has 11 rings (SSSR count). The SMILES string of the molecule is O=P1(c2ccccc2)c2ccccc2N(c2ccc3c4ccc(-c5nc(-c6ccccc6)nc(-c6ccccc6)n5)cc4n(-c4ccccc4)c3c2)c2ccccc21. The van der Waals surface area contributed by atoms with Crippen molar-refractivity contribution in [2.75, 3.05) is 4.90 Å². The van der Waals surface area contributed by atoms with Gasteiger partial charge in [0.2, 0.25) is 0 Å². The molecule has 0 atom stereocenters. The summed E-state index contributed by atoms with van der Waals surface area (Å²) in [5, 5.41) is 4.72. The van der Waals surface area contributed by atoms with Crippen molar-refractivity contribution in [1.29, 1.82) is 0 Å². The van der Waals surface area contributed by atoms with Gasteiger partial charge in [-0.15, -0.1) is 0 Å². The van der Waals surface area contributed by atoms with E-state index < -0.39 is 7.14 Å². The van der Waals surface area contributed by atoms with Crippen molar-refractivity contribution >= 4 is 61.9 Å². The van der Waals surface area contributed by atoms with Gasteiger partial charge in [0, 0.05) is 54.8 Å². The van der Waals surface area contributed by atoms with Crippen LogP contribution in [0.4, 0.5) is 17.1 Å². The van der Waals surface area contributed by atoms with E-state index in [2.05, 4.69) is 82.3 Å². The number of nitrogens with zero attached hydrogens (tertiary/aromatic N) is 5. The van der Waals surface area contributed by atoms with Crippen molar-refractivity contribution in [1.82, 2.24) is 19.5 Å². The number of para-hydroxylation sites is 3. The smallest absolute Gasteiger partial charge is 0.175 e. The zero-order chi connectivity index (χ0) is 38.6. The molecule has 0 aliphatic carbocycles. The molecule has 10 aromatic rings. The maximum atomic E-state index is 15.5. The standard InChI is InChI=1S/C51H34N5OP/c57-58(40-23-11-4-12-24-40)47-27-15-13-25-43(47)56(44-26-14-16-28-48(44)58)39-30-32-42-41-31-29-37(33-45(41)55(46(42)34-39)38-21-9-3-10-22-38)51-53-49(35-17-5-1-6-18-35)52-50(54-51)36-19-7-2-8-20-36/h1-34H. The molecule has 3 heterocycles. The van der Waals surface area contributed by atoms with Gasteiger partial charge in [-0.1, -0.05) is 152 Å². The first-order valence-corrected chi connectivity index (χ1v) is 21.0. The lowest BCUT2D eigenvalue weighted by atomic mass is 10.1. The molecule has 0 saturated carbocycles. The number of benzene rings is 8. The summed E-state index contributed by atoms with van der Waals surface area (Å²) in [4.78, 5) is 17.3. The Morgan fingerprint density at radius 3 is 1.40 bits per heavy atom. The van der Waals surface area contributed by atoms with Gasteiger partial charge < -0.3 is 14.0 Å². The van der Waals surface area contributed by atoms with Crippen LogP contribution in [0.1, 0.15) is 0 Å². The molecule has 0 spiro atoms. The Morgan fingerprint density at radius 1 is 0.379 bits per heavy atom. The highest BCUT2D eigenvalue weighted by atomic mass is 31.2. The number of hydrogen-bond acceptors (Lipinski definition) is 5. The van der Waals surface area contributed by atoms with Crippen molar-refractivity contribution in [3.8, 4) is 39.9 Å². The van der Waals surface area contributed by atoms with Gasteiger partial charge in [-0.3, -0.25) is 0 Å². The molecule has 0 unspecified atom stereocenters. The number of aromatic nitrogens is 4. The van der Waals surface area contributed by atoms with Gasteiger partial charge in [0.25, 0.3) is 0 Å². The molecule has 2 aromatic heterocycles. The average Bonchev–Trinajstić information content (AvgIpc) is 3.63. The fourth-order valence-electron chi connectivity index (χ4n) is 8.37. The van der Waals surface area contributed by atoms with E-state index in [-0.39, 0.29) is 0 Å². The Balaban J connectivity index is 1.13. The van der Waals surface area contributed by atoms with Gasteiger partial charge >= 0.3 is 0 Å². The summed E-state index contributed by atoms with van der Waals surface area (Å²) in [6.07, 6.45) is 0. The van der Waals surface area contributed by atoms with E-state index >= 15 is 4.57 Å². The molecular weight excluding hydrogens is 730 g/mol. The zero-order valence-electron chi connectivity index (χ0n) is 31.2. The molecule has 0 fully saturated rings. The summed E-state index contributed by atoms with van der Waals surface area (Å²) < 4.78 is 17.9. The van der Waals surface area contributed by atoms with Gasteiger partial charge in [0.05, 0.1) is 22.4 Å².